The lowest BCUT2D eigenvalue weighted by atomic mass is 9.99. The topological polar surface area (TPSA) is 114 Å². The number of nitrogens with one attached hydrogen (secondary N) is 2. The first-order chi connectivity index (χ1) is 19.5. The summed E-state index contributed by atoms with van der Waals surface area (Å²) < 4.78 is 10.9. The third-order valence-corrected chi connectivity index (χ3v) is 6.35. The van der Waals surface area contributed by atoms with Crippen LogP contribution >= 0.6 is 0 Å². The molecule has 42 heavy (non-hydrogen) atoms. The molecule has 0 heterocycles. The maximum absolute atomic E-state index is 14.2. The predicted molar refractivity (Wildman–Crippen MR) is 163 cm³/mol. The third kappa shape index (κ3) is 11.2. The summed E-state index contributed by atoms with van der Waals surface area (Å²) in [5.41, 5.74) is 0.910. The number of hydrogen-bond donors (Lipinski definition) is 2. The minimum absolute atomic E-state index is 0.208. The van der Waals surface area contributed by atoms with E-state index >= 15 is 0 Å². The van der Waals surface area contributed by atoms with E-state index in [4.69, 9.17) is 9.47 Å². The Hall–Kier alpha value is -3.88. The smallest absolute Gasteiger partial charge is 0.408 e. The molecule has 0 aliphatic rings. The molecule has 9 heteroatoms. The Morgan fingerprint density at radius 1 is 0.857 bits per heavy atom. The lowest BCUT2D eigenvalue weighted by molar-refractivity contribution is -0.159. The van der Waals surface area contributed by atoms with E-state index in [1.165, 1.54) is 4.90 Å². The number of ether oxygens (including phenoxy) is 2. The Balaban J connectivity index is 2.47. The second kappa shape index (κ2) is 14.8. The Kier molecular flexibility index (Phi) is 12.1. The second-order valence-corrected chi connectivity index (χ2v) is 12.5. The van der Waals surface area contributed by atoms with E-state index in [0.717, 1.165) is 11.1 Å². The summed E-state index contributed by atoms with van der Waals surface area (Å²) in [5.74, 6) is -1.57. The van der Waals surface area contributed by atoms with Crippen LogP contribution < -0.4 is 10.6 Å². The van der Waals surface area contributed by atoms with Crippen molar-refractivity contribution in [2.75, 3.05) is 6.54 Å². The van der Waals surface area contributed by atoms with Crippen LogP contribution in [0.4, 0.5) is 4.79 Å². The molecule has 0 saturated carbocycles. The lowest BCUT2D eigenvalue weighted by Gasteiger charge is -2.37. The van der Waals surface area contributed by atoms with Gasteiger partial charge < -0.3 is 25.0 Å². The van der Waals surface area contributed by atoms with E-state index in [9.17, 15) is 19.2 Å². The van der Waals surface area contributed by atoms with Crippen LogP contribution in [0, 0.1) is 6.92 Å². The van der Waals surface area contributed by atoms with Crippen LogP contribution in [0.15, 0.2) is 54.6 Å². The van der Waals surface area contributed by atoms with E-state index in [-0.39, 0.29) is 19.0 Å². The standard InChI is InChI=1S/C33H47N3O6/c1-10-23(3)36(27(37)21-34-31(40)42-33(7,8)9)28(25-18-16-22(2)17-19-25)29(38)35-26(30(39)41-32(4,5)6)20-24-14-12-11-13-15-24/h11-19,23,26,28H,10,20-21H2,1-9H3,(H,34,40)(H,35,38). The van der Waals surface area contributed by atoms with Gasteiger partial charge in [0.05, 0.1) is 0 Å². The highest BCUT2D eigenvalue weighted by Gasteiger charge is 2.37. The number of nitrogens with zero attached hydrogens (tertiary/aromatic N) is 1. The van der Waals surface area contributed by atoms with E-state index in [2.05, 4.69) is 10.6 Å². The van der Waals surface area contributed by atoms with Crippen LogP contribution in [-0.2, 0) is 30.3 Å². The van der Waals surface area contributed by atoms with Gasteiger partial charge in [-0.2, -0.15) is 0 Å². The number of carbonyl (C=O) groups is 4. The van der Waals surface area contributed by atoms with Crippen molar-refractivity contribution in [1.82, 2.24) is 15.5 Å². The number of aryl methyl sites for hydroxylation is 1. The molecule has 3 unspecified atom stereocenters. The molecule has 0 aliphatic heterocycles. The molecule has 9 nitrogen and oxygen atoms in total. The van der Waals surface area contributed by atoms with Gasteiger partial charge in [-0.15, -0.1) is 0 Å². The monoisotopic (exact) mass is 581 g/mol. The fourth-order valence-corrected chi connectivity index (χ4v) is 4.25. The molecule has 0 aliphatic carbocycles. The lowest BCUT2D eigenvalue weighted by Crippen LogP contribution is -2.54. The molecular weight excluding hydrogens is 534 g/mol. The number of rotatable bonds is 11. The number of amides is 3. The van der Waals surface area contributed by atoms with Crippen LogP contribution in [0.3, 0.4) is 0 Å². The zero-order valence-electron chi connectivity index (χ0n) is 26.4. The Morgan fingerprint density at radius 2 is 1.43 bits per heavy atom. The summed E-state index contributed by atoms with van der Waals surface area (Å²) in [6.07, 6.45) is 0.0246. The molecule has 0 saturated heterocycles. The molecule has 2 aromatic carbocycles. The Labute approximate surface area is 250 Å². The van der Waals surface area contributed by atoms with Gasteiger partial charge in [-0.3, -0.25) is 9.59 Å². The predicted octanol–water partition coefficient (Wildman–Crippen LogP) is 5.26. The number of esters is 1. The zero-order valence-corrected chi connectivity index (χ0v) is 26.4. The summed E-state index contributed by atoms with van der Waals surface area (Å²) in [5, 5.41) is 5.40. The van der Waals surface area contributed by atoms with Crippen molar-refractivity contribution in [2.45, 2.75) is 104 Å². The molecule has 2 N–H and O–H groups in total. The van der Waals surface area contributed by atoms with Gasteiger partial charge in [-0.1, -0.05) is 67.1 Å². The van der Waals surface area contributed by atoms with Crippen LogP contribution in [0.2, 0.25) is 0 Å². The van der Waals surface area contributed by atoms with E-state index in [1.807, 2.05) is 63.2 Å². The quantitative estimate of drug-likeness (QED) is 0.350. The molecular formula is C33H47N3O6. The fourth-order valence-electron chi connectivity index (χ4n) is 4.25. The van der Waals surface area contributed by atoms with Crippen molar-refractivity contribution >= 4 is 23.9 Å². The van der Waals surface area contributed by atoms with Gasteiger partial charge in [-0.25, -0.2) is 9.59 Å². The third-order valence-electron chi connectivity index (χ3n) is 6.35. The largest absolute Gasteiger partial charge is 0.458 e. The van der Waals surface area contributed by atoms with Gasteiger partial charge >= 0.3 is 12.1 Å². The van der Waals surface area contributed by atoms with Crippen molar-refractivity contribution < 1.29 is 28.7 Å². The summed E-state index contributed by atoms with van der Waals surface area (Å²) in [4.78, 5) is 54.9. The number of alkyl carbamates (subject to hydrolysis) is 1. The highest BCUT2D eigenvalue weighted by atomic mass is 16.6. The van der Waals surface area contributed by atoms with E-state index in [1.54, 1.807) is 53.7 Å². The summed E-state index contributed by atoms with van der Waals surface area (Å²) >= 11 is 0. The molecule has 230 valence electrons. The molecule has 3 amide bonds. The zero-order chi connectivity index (χ0) is 31.7. The second-order valence-electron chi connectivity index (χ2n) is 12.5. The first-order valence-electron chi connectivity index (χ1n) is 14.4. The highest BCUT2D eigenvalue weighted by molar-refractivity contribution is 5.93. The highest BCUT2D eigenvalue weighted by Crippen LogP contribution is 2.26. The van der Waals surface area contributed by atoms with Crippen LogP contribution in [-0.4, -0.2) is 58.6 Å². The van der Waals surface area contributed by atoms with Gasteiger partial charge in [0, 0.05) is 12.5 Å². The number of hydrogen-bond acceptors (Lipinski definition) is 6. The van der Waals surface area contributed by atoms with Crippen LogP contribution in [0.5, 0.6) is 0 Å². The van der Waals surface area contributed by atoms with Crippen molar-refractivity contribution in [3.63, 3.8) is 0 Å². The maximum atomic E-state index is 14.2. The number of carbonyl (C=O) groups excluding carboxylic acids is 4. The first-order valence-corrected chi connectivity index (χ1v) is 14.4. The summed E-state index contributed by atoms with van der Waals surface area (Å²) in [6, 6.07) is 14.2. The summed E-state index contributed by atoms with van der Waals surface area (Å²) in [7, 11) is 0. The maximum Gasteiger partial charge on any atom is 0.408 e. The molecule has 2 rings (SSSR count). The van der Waals surface area contributed by atoms with Crippen molar-refractivity contribution in [2.24, 2.45) is 0 Å². The van der Waals surface area contributed by atoms with E-state index < -0.39 is 47.2 Å². The summed E-state index contributed by atoms with van der Waals surface area (Å²) in [6.45, 7) is 15.8. The Bertz CT molecular complexity index is 1200. The molecule has 3 atom stereocenters. The molecule has 0 radical (unpaired) electrons. The molecule has 2 aromatic rings. The average molecular weight is 582 g/mol. The van der Waals surface area contributed by atoms with Crippen LogP contribution in [0.1, 0.15) is 84.5 Å². The van der Waals surface area contributed by atoms with Gasteiger partial charge in [0.25, 0.3) is 0 Å². The van der Waals surface area contributed by atoms with Crippen molar-refractivity contribution in [3.8, 4) is 0 Å². The van der Waals surface area contributed by atoms with Crippen LogP contribution in [0.25, 0.3) is 0 Å². The normalized spacial score (nSPS) is 13.7. The molecule has 0 spiro atoms. The van der Waals surface area contributed by atoms with Gasteiger partial charge in [-0.05, 0) is 72.9 Å². The SMILES string of the molecule is CCC(C)N(C(=O)CNC(=O)OC(C)(C)C)C(C(=O)NC(Cc1ccccc1)C(=O)OC(C)(C)C)c1ccc(C)cc1. The van der Waals surface area contributed by atoms with Gasteiger partial charge in [0.2, 0.25) is 11.8 Å². The minimum atomic E-state index is -1.07. The number of benzene rings is 2. The fraction of sp³-hybridized carbons (Fsp3) is 0.515. The van der Waals surface area contributed by atoms with Crippen molar-refractivity contribution in [1.29, 1.82) is 0 Å². The van der Waals surface area contributed by atoms with Crippen molar-refractivity contribution in [3.05, 3.63) is 71.3 Å². The van der Waals surface area contributed by atoms with Gasteiger partial charge in [0.1, 0.15) is 29.8 Å². The molecule has 0 bridgehead atoms. The van der Waals surface area contributed by atoms with Gasteiger partial charge in [0.15, 0.2) is 0 Å². The molecule has 0 aromatic heterocycles. The van der Waals surface area contributed by atoms with E-state index in [0.29, 0.717) is 12.0 Å². The minimum Gasteiger partial charge on any atom is -0.458 e. The molecule has 0 fully saturated rings. The Morgan fingerprint density at radius 3 is 1.95 bits per heavy atom. The average Bonchev–Trinajstić information content (AvgIpc) is 2.88. The first kappa shape index (κ1) is 34.3.